The van der Waals surface area contributed by atoms with Crippen LogP contribution in [0.5, 0.6) is 0 Å². The second-order valence-corrected chi connectivity index (χ2v) is 6.40. The number of amides is 1. The summed E-state index contributed by atoms with van der Waals surface area (Å²) in [6.45, 7) is 2.50. The number of benzene rings is 1. The fourth-order valence-corrected chi connectivity index (χ4v) is 3.10. The van der Waals surface area contributed by atoms with E-state index in [2.05, 4.69) is 0 Å². The van der Waals surface area contributed by atoms with Crippen molar-refractivity contribution in [3.05, 3.63) is 35.9 Å². The van der Waals surface area contributed by atoms with Gasteiger partial charge in [0, 0.05) is 13.1 Å². The molecule has 6 atom stereocenters. The van der Waals surface area contributed by atoms with E-state index < -0.39 is 36.8 Å². The highest BCUT2D eigenvalue weighted by molar-refractivity contribution is 5.79. The van der Waals surface area contributed by atoms with Crippen molar-refractivity contribution >= 4 is 5.91 Å². The van der Waals surface area contributed by atoms with Gasteiger partial charge >= 0.3 is 0 Å². The Balaban J connectivity index is 1.58. The summed E-state index contributed by atoms with van der Waals surface area (Å²) in [4.78, 5) is 13.8. The molecular weight excluding hydrogens is 314 g/mol. The number of likely N-dealkylation sites (tertiary alicyclic amines) is 1. The Morgan fingerprint density at radius 2 is 1.88 bits per heavy atom. The van der Waals surface area contributed by atoms with Gasteiger partial charge in [0.15, 0.2) is 6.29 Å². The van der Waals surface area contributed by atoms with Gasteiger partial charge in [0.25, 0.3) is 0 Å². The molecule has 2 fully saturated rings. The van der Waals surface area contributed by atoms with E-state index in [1.807, 2.05) is 30.3 Å². The molecule has 0 unspecified atom stereocenters. The van der Waals surface area contributed by atoms with E-state index in [0.717, 1.165) is 5.56 Å². The van der Waals surface area contributed by atoms with Crippen molar-refractivity contribution in [2.45, 2.75) is 56.7 Å². The number of rotatable bonds is 4. The van der Waals surface area contributed by atoms with Crippen LogP contribution in [0.2, 0.25) is 0 Å². The second kappa shape index (κ2) is 7.16. The van der Waals surface area contributed by atoms with Crippen molar-refractivity contribution in [2.75, 3.05) is 6.54 Å². The van der Waals surface area contributed by atoms with E-state index >= 15 is 0 Å². The topological polar surface area (TPSA) is 99.5 Å². The maximum atomic E-state index is 12.1. The van der Waals surface area contributed by atoms with Crippen LogP contribution < -0.4 is 0 Å². The van der Waals surface area contributed by atoms with Crippen molar-refractivity contribution in [3.8, 4) is 0 Å². The third kappa shape index (κ3) is 3.60. The Morgan fingerprint density at radius 3 is 2.58 bits per heavy atom. The molecular formula is C17H23NO6. The molecule has 24 heavy (non-hydrogen) atoms. The van der Waals surface area contributed by atoms with Crippen molar-refractivity contribution in [1.29, 1.82) is 0 Å². The summed E-state index contributed by atoms with van der Waals surface area (Å²) >= 11 is 0. The Hall–Kier alpha value is -1.51. The molecule has 1 amide bonds. The van der Waals surface area contributed by atoms with Gasteiger partial charge in [-0.05, 0) is 12.5 Å². The van der Waals surface area contributed by atoms with Crippen LogP contribution in [-0.2, 0) is 20.8 Å². The van der Waals surface area contributed by atoms with E-state index in [1.54, 1.807) is 11.8 Å². The molecule has 0 radical (unpaired) electrons. The highest BCUT2D eigenvalue weighted by Crippen LogP contribution is 2.26. The minimum Gasteiger partial charge on any atom is -0.388 e. The molecule has 7 heteroatoms. The van der Waals surface area contributed by atoms with Crippen LogP contribution in [0.1, 0.15) is 18.9 Å². The normalized spacial score (nSPS) is 37.0. The lowest BCUT2D eigenvalue weighted by atomic mass is 10.00. The number of aliphatic hydroxyl groups excluding tert-OH is 3. The van der Waals surface area contributed by atoms with Gasteiger partial charge in [0.2, 0.25) is 5.91 Å². The predicted molar refractivity (Wildman–Crippen MR) is 83.7 cm³/mol. The SMILES string of the molecule is C[C@@H]1O[C@@H](O[C@H]2CC(=O)N(Cc3ccccc3)C2)[C@H](O)[C@H](O)[C@H]1O. The molecule has 1 aromatic rings. The zero-order valence-corrected chi connectivity index (χ0v) is 13.5. The first-order chi connectivity index (χ1) is 11.5. The van der Waals surface area contributed by atoms with Crippen LogP contribution in [0.3, 0.4) is 0 Å². The zero-order chi connectivity index (χ0) is 17.3. The Kier molecular flexibility index (Phi) is 5.17. The molecule has 2 saturated heterocycles. The number of ether oxygens (including phenoxy) is 2. The molecule has 7 nitrogen and oxygen atoms in total. The van der Waals surface area contributed by atoms with Gasteiger partial charge in [0.1, 0.15) is 18.3 Å². The molecule has 2 aliphatic rings. The molecule has 132 valence electrons. The van der Waals surface area contributed by atoms with Crippen LogP contribution in [0.25, 0.3) is 0 Å². The summed E-state index contributed by atoms with van der Waals surface area (Å²) in [5.41, 5.74) is 1.03. The van der Waals surface area contributed by atoms with Gasteiger partial charge in [-0.1, -0.05) is 30.3 Å². The third-order valence-electron chi connectivity index (χ3n) is 4.53. The van der Waals surface area contributed by atoms with Gasteiger partial charge in [-0.25, -0.2) is 0 Å². The average molecular weight is 337 g/mol. The van der Waals surface area contributed by atoms with Crippen LogP contribution in [-0.4, -0.2) is 69.5 Å². The number of nitrogens with zero attached hydrogens (tertiary/aromatic N) is 1. The highest BCUT2D eigenvalue weighted by atomic mass is 16.7. The number of aliphatic hydroxyl groups is 3. The fraction of sp³-hybridized carbons (Fsp3) is 0.588. The third-order valence-corrected chi connectivity index (χ3v) is 4.53. The van der Waals surface area contributed by atoms with E-state index in [4.69, 9.17) is 9.47 Å². The summed E-state index contributed by atoms with van der Waals surface area (Å²) in [5.74, 6) is -0.0252. The van der Waals surface area contributed by atoms with Crippen LogP contribution >= 0.6 is 0 Å². The lowest BCUT2D eigenvalue weighted by Crippen LogP contribution is -2.58. The molecule has 0 aliphatic carbocycles. The molecule has 3 N–H and O–H groups in total. The van der Waals surface area contributed by atoms with Gasteiger partial charge in [-0.15, -0.1) is 0 Å². The van der Waals surface area contributed by atoms with Gasteiger partial charge in [-0.2, -0.15) is 0 Å². The van der Waals surface area contributed by atoms with Crippen molar-refractivity contribution in [2.24, 2.45) is 0 Å². The Labute approximate surface area is 140 Å². The Bertz CT molecular complexity index is 567. The molecule has 0 bridgehead atoms. The summed E-state index contributed by atoms with van der Waals surface area (Å²) in [6.07, 6.45) is -5.80. The quantitative estimate of drug-likeness (QED) is 0.693. The number of hydrogen-bond donors (Lipinski definition) is 3. The monoisotopic (exact) mass is 337 g/mol. The molecule has 0 saturated carbocycles. The fourth-order valence-electron chi connectivity index (χ4n) is 3.10. The van der Waals surface area contributed by atoms with Crippen LogP contribution in [0.4, 0.5) is 0 Å². The maximum Gasteiger partial charge on any atom is 0.225 e. The maximum absolute atomic E-state index is 12.1. The summed E-state index contributed by atoms with van der Waals surface area (Å²) in [6, 6.07) is 9.67. The van der Waals surface area contributed by atoms with Crippen molar-refractivity contribution in [1.82, 2.24) is 4.90 Å². The first kappa shape index (κ1) is 17.3. The summed E-state index contributed by atoms with van der Waals surface area (Å²) in [7, 11) is 0. The lowest BCUT2D eigenvalue weighted by molar-refractivity contribution is -0.302. The highest BCUT2D eigenvalue weighted by Gasteiger charge is 2.44. The van der Waals surface area contributed by atoms with Crippen LogP contribution in [0, 0.1) is 0 Å². The molecule has 2 aliphatic heterocycles. The van der Waals surface area contributed by atoms with Crippen molar-refractivity contribution < 1.29 is 29.6 Å². The van der Waals surface area contributed by atoms with E-state index in [-0.39, 0.29) is 12.3 Å². The first-order valence-electron chi connectivity index (χ1n) is 8.12. The number of hydrogen-bond acceptors (Lipinski definition) is 6. The Morgan fingerprint density at radius 1 is 1.17 bits per heavy atom. The number of carbonyl (C=O) groups is 1. The molecule has 0 spiro atoms. The standard InChI is InChI=1S/C17H23NO6/c1-10-14(20)15(21)16(22)17(23-10)24-12-7-13(19)18(9-12)8-11-5-3-2-4-6-11/h2-6,10,12,14-17,20-22H,7-9H2,1H3/t10-,12-,14-,15+,16+,17-/m0/s1. The minimum absolute atomic E-state index is 0.0252. The van der Waals surface area contributed by atoms with E-state index in [1.165, 1.54) is 0 Å². The summed E-state index contributed by atoms with van der Waals surface area (Å²) in [5, 5.41) is 29.5. The zero-order valence-electron chi connectivity index (χ0n) is 13.5. The van der Waals surface area contributed by atoms with Gasteiger partial charge in [0.05, 0.1) is 18.6 Å². The van der Waals surface area contributed by atoms with E-state index in [9.17, 15) is 20.1 Å². The van der Waals surface area contributed by atoms with Crippen LogP contribution in [0.15, 0.2) is 30.3 Å². The smallest absolute Gasteiger partial charge is 0.225 e. The molecule has 1 aromatic carbocycles. The largest absolute Gasteiger partial charge is 0.388 e. The predicted octanol–water partition coefficient (Wildman–Crippen LogP) is -0.368. The molecule has 3 rings (SSSR count). The molecule has 0 aromatic heterocycles. The lowest BCUT2D eigenvalue weighted by Gasteiger charge is -2.39. The van der Waals surface area contributed by atoms with Gasteiger partial charge in [-0.3, -0.25) is 4.79 Å². The first-order valence-corrected chi connectivity index (χ1v) is 8.12. The summed E-state index contributed by atoms with van der Waals surface area (Å²) < 4.78 is 11.1. The number of carbonyl (C=O) groups excluding carboxylic acids is 1. The van der Waals surface area contributed by atoms with E-state index in [0.29, 0.717) is 13.1 Å². The second-order valence-electron chi connectivity index (χ2n) is 6.40. The average Bonchev–Trinajstić information content (AvgIpc) is 2.91. The van der Waals surface area contributed by atoms with Gasteiger partial charge < -0.3 is 29.7 Å². The minimum atomic E-state index is -1.35. The molecule has 2 heterocycles. The van der Waals surface area contributed by atoms with Crippen molar-refractivity contribution in [3.63, 3.8) is 0 Å².